The van der Waals surface area contributed by atoms with Crippen LogP contribution >= 0.6 is 24.0 Å². The Hall–Kier alpha value is -2.19. The van der Waals surface area contributed by atoms with Crippen molar-refractivity contribution in [2.24, 2.45) is 0 Å². The lowest BCUT2D eigenvalue weighted by Gasteiger charge is -2.24. The number of thiocarbonyl (C=S) groups is 1. The Morgan fingerprint density at radius 3 is 2.83 bits per heavy atom. The van der Waals surface area contributed by atoms with E-state index in [1.54, 1.807) is 23.2 Å². The number of anilines is 1. The summed E-state index contributed by atoms with van der Waals surface area (Å²) in [5, 5.41) is 3.49. The van der Waals surface area contributed by atoms with Crippen molar-refractivity contribution in [3.05, 3.63) is 45.2 Å². The SMILES string of the molecule is CCCCN1C(=O)/C(=C\c2c(NC3CCCCC3)nc3ccccn3c2=O)SC1=S. The molecule has 8 heteroatoms. The van der Waals surface area contributed by atoms with E-state index in [2.05, 4.69) is 12.2 Å². The lowest BCUT2D eigenvalue weighted by atomic mass is 9.95. The van der Waals surface area contributed by atoms with Crippen LogP contribution in [0.2, 0.25) is 0 Å². The fraction of sp³-hybridized carbons (Fsp3) is 0.455. The molecular formula is C22H26N4O2S2. The molecule has 30 heavy (non-hydrogen) atoms. The highest BCUT2D eigenvalue weighted by Crippen LogP contribution is 2.33. The van der Waals surface area contributed by atoms with Gasteiger partial charge >= 0.3 is 0 Å². The highest BCUT2D eigenvalue weighted by molar-refractivity contribution is 8.26. The lowest BCUT2D eigenvalue weighted by molar-refractivity contribution is -0.122. The lowest BCUT2D eigenvalue weighted by Crippen LogP contribution is -2.29. The van der Waals surface area contributed by atoms with Gasteiger partial charge in [0.25, 0.3) is 11.5 Å². The number of carbonyl (C=O) groups is 1. The number of aromatic nitrogens is 2. The Labute approximate surface area is 185 Å². The summed E-state index contributed by atoms with van der Waals surface area (Å²) < 4.78 is 2.07. The summed E-state index contributed by atoms with van der Waals surface area (Å²) in [7, 11) is 0. The van der Waals surface area contributed by atoms with Crippen LogP contribution in [0.5, 0.6) is 0 Å². The van der Waals surface area contributed by atoms with Gasteiger partial charge in [0.05, 0.1) is 10.5 Å². The number of thioether (sulfide) groups is 1. The van der Waals surface area contributed by atoms with Crippen molar-refractivity contribution in [3.63, 3.8) is 0 Å². The molecule has 0 bridgehead atoms. The number of amides is 1. The molecule has 2 aliphatic rings. The Bertz CT molecular complexity index is 1060. The van der Waals surface area contributed by atoms with Gasteiger partial charge < -0.3 is 5.32 Å². The monoisotopic (exact) mass is 442 g/mol. The number of carbonyl (C=O) groups excluding carboxylic acids is 1. The maximum absolute atomic E-state index is 13.3. The van der Waals surface area contributed by atoms with Gasteiger partial charge in [-0.2, -0.15) is 0 Å². The van der Waals surface area contributed by atoms with Crippen molar-refractivity contribution in [2.75, 3.05) is 11.9 Å². The minimum Gasteiger partial charge on any atom is -0.367 e. The molecule has 0 aromatic carbocycles. The van der Waals surface area contributed by atoms with E-state index in [0.717, 1.165) is 25.7 Å². The van der Waals surface area contributed by atoms with Crippen molar-refractivity contribution in [1.29, 1.82) is 0 Å². The van der Waals surface area contributed by atoms with Gasteiger partial charge in [-0.25, -0.2) is 4.98 Å². The van der Waals surface area contributed by atoms with Gasteiger partial charge in [0.1, 0.15) is 15.8 Å². The predicted molar refractivity (Wildman–Crippen MR) is 127 cm³/mol. The molecule has 1 saturated heterocycles. The average molecular weight is 443 g/mol. The number of nitrogens with zero attached hydrogens (tertiary/aromatic N) is 3. The molecule has 1 aliphatic carbocycles. The second-order valence-electron chi connectivity index (χ2n) is 7.77. The maximum Gasteiger partial charge on any atom is 0.267 e. The van der Waals surface area contributed by atoms with Crippen LogP contribution in [0, 0.1) is 0 Å². The third-order valence-electron chi connectivity index (χ3n) is 5.60. The molecule has 2 aromatic heterocycles. The zero-order valence-electron chi connectivity index (χ0n) is 17.1. The zero-order valence-corrected chi connectivity index (χ0v) is 18.7. The van der Waals surface area contributed by atoms with Gasteiger partial charge in [0.15, 0.2) is 0 Å². The van der Waals surface area contributed by atoms with Crippen molar-refractivity contribution >= 4 is 51.7 Å². The highest BCUT2D eigenvalue weighted by Gasteiger charge is 2.32. The van der Waals surface area contributed by atoms with Gasteiger partial charge in [-0.3, -0.25) is 18.9 Å². The zero-order chi connectivity index (χ0) is 21.1. The van der Waals surface area contributed by atoms with E-state index in [1.165, 1.54) is 35.4 Å². The number of hydrogen-bond donors (Lipinski definition) is 1. The molecule has 2 aromatic rings. The second-order valence-corrected chi connectivity index (χ2v) is 9.45. The minimum atomic E-state index is -0.183. The number of fused-ring (bicyclic) bond motifs is 1. The summed E-state index contributed by atoms with van der Waals surface area (Å²) in [5.74, 6) is 0.427. The Morgan fingerprint density at radius 1 is 1.27 bits per heavy atom. The van der Waals surface area contributed by atoms with E-state index in [1.807, 2.05) is 12.1 Å². The molecule has 1 N–H and O–H groups in total. The Morgan fingerprint density at radius 2 is 2.07 bits per heavy atom. The average Bonchev–Trinajstić information content (AvgIpc) is 3.02. The summed E-state index contributed by atoms with van der Waals surface area (Å²) >= 11 is 6.67. The topological polar surface area (TPSA) is 66.7 Å². The normalized spacial score (nSPS) is 19.2. The fourth-order valence-corrected chi connectivity index (χ4v) is 5.21. The first-order valence-electron chi connectivity index (χ1n) is 10.6. The molecule has 0 unspecified atom stereocenters. The summed E-state index contributed by atoms with van der Waals surface area (Å²) in [4.78, 5) is 33.0. The molecule has 1 aliphatic heterocycles. The second kappa shape index (κ2) is 9.31. The van der Waals surface area contributed by atoms with Crippen LogP contribution in [0.1, 0.15) is 57.4 Å². The van der Waals surface area contributed by atoms with Crippen LogP contribution in [0.25, 0.3) is 11.7 Å². The Kier molecular flexibility index (Phi) is 6.53. The van der Waals surface area contributed by atoms with Crippen LogP contribution in [-0.4, -0.2) is 37.1 Å². The van der Waals surface area contributed by atoms with Crippen molar-refractivity contribution < 1.29 is 4.79 Å². The first-order chi connectivity index (χ1) is 14.6. The highest BCUT2D eigenvalue weighted by atomic mass is 32.2. The molecule has 0 atom stereocenters. The molecule has 2 fully saturated rings. The molecule has 1 amide bonds. The molecule has 4 rings (SSSR count). The predicted octanol–water partition coefficient (Wildman–Crippen LogP) is 4.44. The Balaban J connectivity index is 1.75. The van der Waals surface area contributed by atoms with Gasteiger partial charge in [-0.1, -0.05) is 62.7 Å². The van der Waals surface area contributed by atoms with E-state index >= 15 is 0 Å². The van der Waals surface area contributed by atoms with Crippen LogP contribution < -0.4 is 10.9 Å². The van der Waals surface area contributed by atoms with E-state index < -0.39 is 0 Å². The number of unbranched alkanes of at least 4 members (excludes halogenated alkanes) is 1. The summed E-state index contributed by atoms with van der Waals surface area (Å²) in [6, 6.07) is 5.79. The summed E-state index contributed by atoms with van der Waals surface area (Å²) in [6.07, 6.45) is 11.0. The van der Waals surface area contributed by atoms with Gasteiger partial charge in [0.2, 0.25) is 0 Å². The number of nitrogens with one attached hydrogen (secondary N) is 1. The third-order valence-corrected chi connectivity index (χ3v) is 6.98. The molecule has 6 nitrogen and oxygen atoms in total. The number of hydrogen-bond acceptors (Lipinski definition) is 6. The maximum atomic E-state index is 13.3. The van der Waals surface area contributed by atoms with Crippen LogP contribution in [0.15, 0.2) is 34.1 Å². The van der Waals surface area contributed by atoms with Crippen LogP contribution in [-0.2, 0) is 4.79 Å². The van der Waals surface area contributed by atoms with Crippen LogP contribution in [0.4, 0.5) is 5.82 Å². The molecule has 0 radical (unpaired) electrons. The van der Waals surface area contributed by atoms with E-state index in [9.17, 15) is 9.59 Å². The first-order valence-corrected chi connectivity index (χ1v) is 11.8. The summed E-state index contributed by atoms with van der Waals surface area (Å²) in [6.45, 7) is 2.69. The largest absolute Gasteiger partial charge is 0.367 e. The standard InChI is InChI=1S/C22H26N4O2S2/c1-2-3-12-26-21(28)17(30-22(26)29)14-16-19(23-15-9-5-4-6-10-15)24-18-11-7-8-13-25(18)20(16)27/h7-8,11,13-15,23H,2-6,9-10,12H2,1H3/b17-14+. The smallest absolute Gasteiger partial charge is 0.267 e. The number of rotatable bonds is 6. The third kappa shape index (κ3) is 4.30. The molecule has 158 valence electrons. The first kappa shape index (κ1) is 21.1. The molecule has 0 spiro atoms. The van der Waals surface area contributed by atoms with Crippen molar-refractivity contribution in [1.82, 2.24) is 14.3 Å². The van der Waals surface area contributed by atoms with Gasteiger partial charge in [-0.15, -0.1) is 0 Å². The summed E-state index contributed by atoms with van der Waals surface area (Å²) in [5.41, 5.74) is 0.825. The van der Waals surface area contributed by atoms with E-state index in [4.69, 9.17) is 17.2 Å². The van der Waals surface area contributed by atoms with Gasteiger partial charge in [-0.05, 0) is 37.5 Å². The number of pyridine rings is 1. The van der Waals surface area contributed by atoms with Crippen LogP contribution in [0.3, 0.4) is 0 Å². The van der Waals surface area contributed by atoms with E-state index in [0.29, 0.717) is 38.8 Å². The fourth-order valence-electron chi connectivity index (χ4n) is 3.92. The van der Waals surface area contributed by atoms with Gasteiger partial charge in [0, 0.05) is 18.8 Å². The molecule has 1 saturated carbocycles. The van der Waals surface area contributed by atoms with E-state index in [-0.39, 0.29) is 11.5 Å². The minimum absolute atomic E-state index is 0.125. The molecular weight excluding hydrogens is 416 g/mol. The van der Waals surface area contributed by atoms with Crippen molar-refractivity contribution in [3.8, 4) is 0 Å². The van der Waals surface area contributed by atoms with Crippen molar-refractivity contribution in [2.45, 2.75) is 57.9 Å². The molecule has 3 heterocycles. The quantitative estimate of drug-likeness (QED) is 0.527.